The zero-order valence-electron chi connectivity index (χ0n) is 6.40. The van der Waals surface area contributed by atoms with Crippen molar-refractivity contribution in [1.29, 1.82) is 0 Å². The van der Waals surface area contributed by atoms with Crippen LogP contribution in [-0.2, 0) is 4.74 Å². The van der Waals surface area contributed by atoms with Gasteiger partial charge < -0.3 is 4.74 Å². The first kappa shape index (κ1) is 7.03. The van der Waals surface area contributed by atoms with Gasteiger partial charge in [-0.2, -0.15) is 0 Å². The Morgan fingerprint density at radius 1 is 1.56 bits per heavy atom. The molecule has 0 radical (unpaired) electrons. The largest absolute Gasteiger partial charge is 0.369 e. The van der Waals surface area contributed by atoms with Gasteiger partial charge in [0.2, 0.25) is 0 Å². The molecule has 1 rings (SSSR count). The van der Waals surface area contributed by atoms with Crippen molar-refractivity contribution in [3.8, 4) is 0 Å². The summed E-state index contributed by atoms with van der Waals surface area (Å²) < 4.78 is 5.35. The Balaban J connectivity index is 2.71. The Labute approximate surface area is 57.7 Å². The van der Waals surface area contributed by atoms with E-state index in [0.29, 0.717) is 0 Å². The fourth-order valence-electron chi connectivity index (χ4n) is 0.935. The maximum atomic E-state index is 5.35. The molecule has 1 aliphatic rings. The molecule has 1 unspecified atom stereocenters. The fraction of sp³-hybridized carbons (Fsp3) is 0.714. The summed E-state index contributed by atoms with van der Waals surface area (Å²) in [5.41, 5.74) is 0. The average molecular weight is 142 g/mol. The van der Waals surface area contributed by atoms with Crippen molar-refractivity contribution < 1.29 is 4.74 Å². The summed E-state index contributed by atoms with van der Waals surface area (Å²) in [6.45, 7) is 11.6. The molecule has 0 aromatic carbocycles. The van der Waals surface area contributed by atoms with Crippen molar-refractivity contribution >= 4 is 8.07 Å². The van der Waals surface area contributed by atoms with Gasteiger partial charge in [-0.25, -0.2) is 0 Å². The third-order valence-electron chi connectivity index (χ3n) is 2.05. The van der Waals surface area contributed by atoms with E-state index in [1.807, 2.05) is 6.08 Å². The third kappa shape index (κ3) is 0.968. The summed E-state index contributed by atoms with van der Waals surface area (Å²) in [5, 5.41) is 0.132. The molecule has 2 heteroatoms. The minimum absolute atomic E-state index is 0.132. The minimum Gasteiger partial charge on any atom is -0.369 e. The quantitative estimate of drug-likeness (QED) is 0.325. The average Bonchev–Trinajstić information content (AvgIpc) is 2.40. The second-order valence-electron chi connectivity index (χ2n) is 3.63. The SMILES string of the molecule is C=CC1([Si](C)(C)C)CO1. The van der Waals surface area contributed by atoms with Crippen LogP contribution in [0.5, 0.6) is 0 Å². The maximum Gasteiger partial charge on any atom is 0.0977 e. The summed E-state index contributed by atoms with van der Waals surface area (Å²) in [4.78, 5) is 0. The van der Waals surface area contributed by atoms with Gasteiger partial charge in [0.15, 0.2) is 0 Å². The van der Waals surface area contributed by atoms with E-state index in [9.17, 15) is 0 Å². The molecule has 1 nitrogen and oxygen atoms in total. The molecule has 0 aliphatic carbocycles. The Morgan fingerprint density at radius 3 is 2.00 bits per heavy atom. The lowest BCUT2D eigenvalue weighted by molar-refractivity contribution is 0.408. The summed E-state index contributed by atoms with van der Waals surface area (Å²) in [5.74, 6) is 0. The molecule has 0 aromatic heterocycles. The van der Waals surface area contributed by atoms with Gasteiger partial charge in [0.1, 0.15) is 0 Å². The first-order valence-corrected chi connectivity index (χ1v) is 6.79. The smallest absolute Gasteiger partial charge is 0.0977 e. The number of epoxide rings is 1. The molecule has 1 fully saturated rings. The van der Waals surface area contributed by atoms with E-state index >= 15 is 0 Å². The molecule has 1 saturated heterocycles. The van der Waals surface area contributed by atoms with E-state index < -0.39 is 8.07 Å². The van der Waals surface area contributed by atoms with Gasteiger partial charge >= 0.3 is 0 Å². The maximum absolute atomic E-state index is 5.35. The Morgan fingerprint density at radius 2 is 2.00 bits per heavy atom. The molecular weight excluding hydrogens is 128 g/mol. The highest BCUT2D eigenvalue weighted by Crippen LogP contribution is 2.37. The molecule has 0 N–H and O–H groups in total. The van der Waals surface area contributed by atoms with Gasteiger partial charge in [0.25, 0.3) is 0 Å². The van der Waals surface area contributed by atoms with Gasteiger partial charge in [-0.05, 0) is 0 Å². The van der Waals surface area contributed by atoms with Crippen molar-refractivity contribution in [2.24, 2.45) is 0 Å². The highest BCUT2D eigenvalue weighted by molar-refractivity contribution is 6.80. The fourth-order valence-corrected chi connectivity index (χ4v) is 2.49. The second-order valence-corrected chi connectivity index (χ2v) is 8.98. The molecule has 0 amide bonds. The van der Waals surface area contributed by atoms with Gasteiger partial charge in [0.05, 0.1) is 19.9 Å². The molecule has 1 atom stereocenters. The van der Waals surface area contributed by atoms with Crippen LogP contribution in [0.1, 0.15) is 0 Å². The van der Waals surface area contributed by atoms with Crippen LogP contribution < -0.4 is 0 Å². The van der Waals surface area contributed by atoms with Crippen LogP contribution in [0.2, 0.25) is 19.6 Å². The van der Waals surface area contributed by atoms with E-state index in [0.717, 1.165) is 6.61 Å². The molecule has 0 saturated carbocycles. The van der Waals surface area contributed by atoms with Crippen LogP contribution in [0, 0.1) is 0 Å². The van der Waals surface area contributed by atoms with Crippen LogP contribution in [0.4, 0.5) is 0 Å². The van der Waals surface area contributed by atoms with Crippen molar-refractivity contribution in [1.82, 2.24) is 0 Å². The van der Waals surface area contributed by atoms with E-state index in [1.165, 1.54) is 0 Å². The number of ether oxygens (including phenoxy) is 1. The van der Waals surface area contributed by atoms with Crippen molar-refractivity contribution in [2.75, 3.05) is 6.61 Å². The van der Waals surface area contributed by atoms with Crippen molar-refractivity contribution in [2.45, 2.75) is 24.9 Å². The Kier molecular flexibility index (Phi) is 1.33. The zero-order chi connectivity index (χ0) is 7.12. The Hall–Kier alpha value is -0.0831. The molecular formula is C7H14OSi. The van der Waals surface area contributed by atoms with Gasteiger partial charge in [-0.15, -0.1) is 6.58 Å². The summed E-state index contributed by atoms with van der Waals surface area (Å²) in [7, 11) is -1.11. The van der Waals surface area contributed by atoms with Crippen LogP contribution in [-0.4, -0.2) is 19.9 Å². The normalized spacial score (nSPS) is 34.1. The van der Waals surface area contributed by atoms with Crippen molar-refractivity contribution in [3.05, 3.63) is 12.7 Å². The molecule has 1 heterocycles. The number of hydrogen-bond acceptors (Lipinski definition) is 1. The van der Waals surface area contributed by atoms with Crippen LogP contribution in [0.25, 0.3) is 0 Å². The summed E-state index contributed by atoms with van der Waals surface area (Å²) >= 11 is 0. The van der Waals surface area contributed by atoms with E-state index in [4.69, 9.17) is 4.74 Å². The lowest BCUT2D eigenvalue weighted by Gasteiger charge is -2.21. The van der Waals surface area contributed by atoms with Gasteiger partial charge in [-0.3, -0.25) is 0 Å². The van der Waals surface area contributed by atoms with E-state index in [1.54, 1.807) is 0 Å². The molecule has 0 bridgehead atoms. The van der Waals surface area contributed by atoms with Gasteiger partial charge in [0, 0.05) is 0 Å². The van der Waals surface area contributed by atoms with Crippen LogP contribution >= 0.6 is 0 Å². The lowest BCUT2D eigenvalue weighted by Crippen LogP contribution is -2.40. The predicted octanol–water partition coefficient (Wildman–Crippen LogP) is 1.82. The minimum atomic E-state index is -1.11. The van der Waals surface area contributed by atoms with Gasteiger partial charge in [-0.1, -0.05) is 25.7 Å². The van der Waals surface area contributed by atoms with E-state index in [2.05, 4.69) is 26.2 Å². The summed E-state index contributed by atoms with van der Waals surface area (Å²) in [6, 6.07) is 0. The van der Waals surface area contributed by atoms with Crippen molar-refractivity contribution in [3.63, 3.8) is 0 Å². The predicted molar refractivity (Wildman–Crippen MR) is 42.2 cm³/mol. The highest BCUT2D eigenvalue weighted by atomic mass is 28.3. The molecule has 52 valence electrons. The zero-order valence-corrected chi connectivity index (χ0v) is 7.40. The third-order valence-corrected chi connectivity index (χ3v) is 5.09. The molecule has 0 spiro atoms. The molecule has 0 aromatic rings. The lowest BCUT2D eigenvalue weighted by atomic mass is 10.5. The Bertz CT molecular complexity index is 130. The second kappa shape index (κ2) is 1.70. The topological polar surface area (TPSA) is 12.5 Å². The number of hydrogen-bond donors (Lipinski definition) is 0. The first-order chi connectivity index (χ1) is 4.02. The summed E-state index contributed by atoms with van der Waals surface area (Å²) in [6.07, 6.45) is 1.97. The molecule has 1 aliphatic heterocycles. The monoisotopic (exact) mass is 142 g/mol. The van der Waals surface area contributed by atoms with Crippen LogP contribution in [0.15, 0.2) is 12.7 Å². The van der Waals surface area contributed by atoms with E-state index in [-0.39, 0.29) is 5.22 Å². The van der Waals surface area contributed by atoms with Crippen LogP contribution in [0.3, 0.4) is 0 Å². The standard InChI is InChI=1S/C7H14OSi/c1-5-7(6-8-7)9(2,3)4/h5H,1,6H2,2-4H3. The first-order valence-electron chi connectivity index (χ1n) is 3.29. The highest BCUT2D eigenvalue weighted by Gasteiger charge is 2.52. The molecule has 9 heavy (non-hydrogen) atoms. The number of rotatable bonds is 2.